The van der Waals surface area contributed by atoms with Gasteiger partial charge in [-0.05, 0) is 36.8 Å². The van der Waals surface area contributed by atoms with E-state index in [1.807, 2.05) is 0 Å². The number of unbranched alkanes of at least 4 members (excludes halogenated alkanes) is 1. The lowest BCUT2D eigenvalue weighted by atomic mass is 10.1. The first kappa shape index (κ1) is 16.6. The van der Waals surface area contributed by atoms with Crippen LogP contribution in [0.2, 0.25) is 0 Å². The third-order valence-electron chi connectivity index (χ3n) is 3.95. The van der Waals surface area contributed by atoms with E-state index in [-0.39, 0.29) is 16.8 Å². The highest BCUT2D eigenvalue weighted by Crippen LogP contribution is 2.34. The standard InChI is InChI=1S/C18H16N2O5/c1-2-3-11-25-13-9-7-12(8-10-13)19-17(21)14-5-4-6-15(20(23)24)16(14)18(19)22/h4-10H,2-3,11H2,1H3. The molecule has 1 aliphatic rings. The maximum atomic E-state index is 12.6. The lowest BCUT2D eigenvalue weighted by molar-refractivity contribution is -0.385. The van der Waals surface area contributed by atoms with E-state index in [0.29, 0.717) is 18.0 Å². The molecule has 2 amide bonds. The van der Waals surface area contributed by atoms with E-state index >= 15 is 0 Å². The van der Waals surface area contributed by atoms with E-state index in [1.165, 1.54) is 18.2 Å². The summed E-state index contributed by atoms with van der Waals surface area (Å²) in [5, 5.41) is 11.1. The van der Waals surface area contributed by atoms with Crippen LogP contribution in [0.3, 0.4) is 0 Å². The van der Waals surface area contributed by atoms with Crippen molar-refractivity contribution in [2.45, 2.75) is 19.8 Å². The molecule has 0 N–H and O–H groups in total. The zero-order valence-electron chi connectivity index (χ0n) is 13.6. The van der Waals surface area contributed by atoms with Gasteiger partial charge in [0.15, 0.2) is 0 Å². The summed E-state index contributed by atoms with van der Waals surface area (Å²) in [4.78, 5) is 36.6. The van der Waals surface area contributed by atoms with E-state index in [2.05, 4.69) is 6.92 Å². The summed E-state index contributed by atoms with van der Waals surface area (Å²) >= 11 is 0. The third kappa shape index (κ3) is 2.96. The van der Waals surface area contributed by atoms with Crippen molar-refractivity contribution in [2.24, 2.45) is 0 Å². The van der Waals surface area contributed by atoms with E-state index in [0.717, 1.165) is 17.7 Å². The number of hydrogen-bond donors (Lipinski definition) is 0. The largest absolute Gasteiger partial charge is 0.494 e. The summed E-state index contributed by atoms with van der Waals surface area (Å²) in [7, 11) is 0. The number of carbonyl (C=O) groups is 2. The molecule has 0 saturated carbocycles. The first-order valence-electron chi connectivity index (χ1n) is 7.93. The van der Waals surface area contributed by atoms with Gasteiger partial charge in [-0.1, -0.05) is 19.4 Å². The molecule has 0 aliphatic carbocycles. The van der Waals surface area contributed by atoms with Gasteiger partial charge in [0.05, 0.1) is 22.8 Å². The maximum Gasteiger partial charge on any atom is 0.283 e. The van der Waals surface area contributed by atoms with Crippen LogP contribution in [0.4, 0.5) is 11.4 Å². The van der Waals surface area contributed by atoms with E-state index in [4.69, 9.17) is 4.74 Å². The lowest BCUT2D eigenvalue weighted by Crippen LogP contribution is -2.29. The van der Waals surface area contributed by atoms with Crippen molar-refractivity contribution in [1.29, 1.82) is 0 Å². The molecule has 0 radical (unpaired) electrons. The molecule has 1 aliphatic heterocycles. The molecule has 128 valence electrons. The van der Waals surface area contributed by atoms with Gasteiger partial charge in [-0.25, -0.2) is 4.90 Å². The highest BCUT2D eigenvalue weighted by Gasteiger charge is 2.41. The minimum absolute atomic E-state index is 0.0440. The van der Waals surface area contributed by atoms with Crippen molar-refractivity contribution in [2.75, 3.05) is 11.5 Å². The lowest BCUT2D eigenvalue weighted by Gasteiger charge is -2.14. The molecule has 7 nitrogen and oxygen atoms in total. The smallest absolute Gasteiger partial charge is 0.283 e. The Hall–Kier alpha value is -3.22. The van der Waals surface area contributed by atoms with E-state index in [9.17, 15) is 19.7 Å². The Morgan fingerprint density at radius 3 is 2.44 bits per heavy atom. The van der Waals surface area contributed by atoms with Gasteiger partial charge in [-0.2, -0.15) is 0 Å². The van der Waals surface area contributed by atoms with Crippen molar-refractivity contribution in [3.8, 4) is 5.75 Å². The number of amides is 2. The van der Waals surface area contributed by atoms with Crippen molar-refractivity contribution >= 4 is 23.2 Å². The molecule has 7 heteroatoms. The number of fused-ring (bicyclic) bond motifs is 1. The second kappa shape index (κ2) is 6.72. The Bertz CT molecular complexity index is 845. The molecule has 1 heterocycles. The minimum Gasteiger partial charge on any atom is -0.494 e. The summed E-state index contributed by atoms with van der Waals surface area (Å²) in [6.45, 7) is 2.66. The van der Waals surface area contributed by atoms with Crippen molar-refractivity contribution < 1.29 is 19.2 Å². The molecule has 25 heavy (non-hydrogen) atoms. The minimum atomic E-state index is -0.688. The molecule has 0 spiro atoms. The fourth-order valence-corrected chi connectivity index (χ4v) is 2.68. The monoisotopic (exact) mass is 340 g/mol. The SMILES string of the molecule is CCCCOc1ccc(N2C(=O)c3cccc([N+](=O)[O-])c3C2=O)cc1. The maximum absolute atomic E-state index is 12.6. The van der Waals surface area contributed by atoms with Crippen molar-refractivity contribution in [3.63, 3.8) is 0 Å². The summed E-state index contributed by atoms with van der Waals surface area (Å²) < 4.78 is 5.55. The molecule has 0 fully saturated rings. The topological polar surface area (TPSA) is 89.8 Å². The second-order valence-electron chi connectivity index (χ2n) is 5.60. The van der Waals surface area contributed by atoms with E-state index in [1.54, 1.807) is 24.3 Å². The van der Waals surface area contributed by atoms with Gasteiger partial charge in [-0.3, -0.25) is 19.7 Å². The Balaban J connectivity index is 1.89. The molecular formula is C18H16N2O5. The van der Waals surface area contributed by atoms with Crippen LogP contribution < -0.4 is 9.64 Å². The van der Waals surface area contributed by atoms with Gasteiger partial charge in [-0.15, -0.1) is 0 Å². The number of imide groups is 1. The van der Waals surface area contributed by atoms with Gasteiger partial charge < -0.3 is 4.74 Å². The van der Waals surface area contributed by atoms with Gasteiger partial charge in [0, 0.05) is 6.07 Å². The van der Waals surface area contributed by atoms with Crippen LogP contribution in [0, 0.1) is 10.1 Å². The molecule has 0 atom stereocenters. The van der Waals surface area contributed by atoms with Crippen LogP contribution in [0.5, 0.6) is 5.75 Å². The third-order valence-corrected chi connectivity index (χ3v) is 3.95. The number of carbonyl (C=O) groups excluding carboxylic acids is 2. The number of rotatable bonds is 6. The molecule has 0 bridgehead atoms. The number of hydrogen-bond acceptors (Lipinski definition) is 5. The second-order valence-corrected chi connectivity index (χ2v) is 5.60. The molecule has 2 aromatic rings. The molecule has 0 unspecified atom stereocenters. The first-order valence-corrected chi connectivity index (χ1v) is 7.93. The van der Waals surface area contributed by atoms with Crippen LogP contribution in [-0.4, -0.2) is 23.3 Å². The molecular weight excluding hydrogens is 324 g/mol. The predicted octanol–water partition coefficient (Wildman–Crippen LogP) is 3.57. The van der Waals surface area contributed by atoms with Crippen LogP contribution in [0.15, 0.2) is 42.5 Å². The van der Waals surface area contributed by atoms with Crippen molar-refractivity contribution in [3.05, 3.63) is 63.7 Å². The fourth-order valence-electron chi connectivity index (χ4n) is 2.68. The number of anilines is 1. The zero-order valence-corrected chi connectivity index (χ0v) is 13.6. The average molecular weight is 340 g/mol. The van der Waals surface area contributed by atoms with Gasteiger partial charge in [0.1, 0.15) is 11.3 Å². The van der Waals surface area contributed by atoms with Gasteiger partial charge in [0.2, 0.25) is 0 Å². The number of nitro benzene ring substituents is 1. The fraction of sp³-hybridized carbons (Fsp3) is 0.222. The van der Waals surface area contributed by atoms with Crippen LogP contribution in [0.1, 0.15) is 40.5 Å². The normalized spacial score (nSPS) is 13.1. The van der Waals surface area contributed by atoms with Gasteiger partial charge in [0.25, 0.3) is 17.5 Å². The molecule has 0 aromatic heterocycles. The van der Waals surface area contributed by atoms with Crippen LogP contribution in [0.25, 0.3) is 0 Å². The highest BCUT2D eigenvalue weighted by molar-refractivity contribution is 6.35. The Kier molecular flexibility index (Phi) is 4.47. The Morgan fingerprint density at radius 1 is 1.08 bits per heavy atom. The average Bonchev–Trinajstić information content (AvgIpc) is 2.87. The predicted molar refractivity (Wildman–Crippen MR) is 91.1 cm³/mol. The van der Waals surface area contributed by atoms with E-state index < -0.39 is 16.7 Å². The number of nitro groups is 1. The Morgan fingerprint density at radius 2 is 1.80 bits per heavy atom. The number of nitrogens with zero attached hydrogens (tertiary/aromatic N) is 2. The number of benzene rings is 2. The quantitative estimate of drug-likeness (QED) is 0.347. The molecule has 0 saturated heterocycles. The summed E-state index contributed by atoms with van der Waals surface area (Å²) in [5.41, 5.74) is -0.135. The van der Waals surface area contributed by atoms with Gasteiger partial charge >= 0.3 is 0 Å². The zero-order chi connectivity index (χ0) is 18.0. The number of ether oxygens (including phenoxy) is 1. The first-order chi connectivity index (χ1) is 12.0. The molecule has 3 rings (SSSR count). The van der Waals surface area contributed by atoms with Crippen LogP contribution >= 0.6 is 0 Å². The van der Waals surface area contributed by atoms with Crippen LogP contribution in [-0.2, 0) is 0 Å². The highest BCUT2D eigenvalue weighted by atomic mass is 16.6. The summed E-state index contributed by atoms with van der Waals surface area (Å²) in [6.07, 6.45) is 1.95. The summed E-state index contributed by atoms with van der Waals surface area (Å²) in [6, 6.07) is 10.6. The molecule has 2 aromatic carbocycles. The van der Waals surface area contributed by atoms with Crippen molar-refractivity contribution in [1.82, 2.24) is 0 Å². The Labute approximate surface area is 144 Å². The summed E-state index contributed by atoms with van der Waals surface area (Å²) in [5.74, 6) is -0.616.